The first kappa shape index (κ1) is 13.5. The summed E-state index contributed by atoms with van der Waals surface area (Å²) in [5.74, 6) is 0. The van der Waals surface area contributed by atoms with Crippen molar-refractivity contribution in [2.45, 2.75) is 26.3 Å². The van der Waals surface area contributed by atoms with Crippen molar-refractivity contribution in [2.24, 2.45) is 0 Å². The predicted molar refractivity (Wildman–Crippen MR) is 72.0 cm³/mol. The van der Waals surface area contributed by atoms with Gasteiger partial charge in [0.25, 0.3) is 0 Å². The highest BCUT2D eigenvalue weighted by molar-refractivity contribution is 5.45. The Morgan fingerprint density at radius 1 is 1.29 bits per heavy atom. The number of nitriles is 1. The van der Waals surface area contributed by atoms with Gasteiger partial charge in [-0.1, -0.05) is 25.1 Å². The van der Waals surface area contributed by atoms with Crippen LogP contribution in [0.4, 0.5) is 5.69 Å². The first-order valence-corrected chi connectivity index (χ1v) is 6.24. The molecule has 0 aliphatic heterocycles. The molecule has 1 unspecified atom stereocenters. The summed E-state index contributed by atoms with van der Waals surface area (Å²) in [6, 6.07) is 12.6. The minimum atomic E-state index is -0.0437. The van der Waals surface area contributed by atoms with Gasteiger partial charge in [-0.3, -0.25) is 0 Å². The first-order chi connectivity index (χ1) is 8.31. The van der Waals surface area contributed by atoms with Crippen LogP contribution in [0.1, 0.15) is 20.3 Å². The number of nitrogens with zero attached hydrogens (tertiary/aromatic N) is 2. The van der Waals surface area contributed by atoms with E-state index < -0.39 is 0 Å². The lowest BCUT2D eigenvalue weighted by molar-refractivity contribution is 0.576. The Morgan fingerprint density at radius 2 is 2.00 bits per heavy atom. The molecule has 17 heavy (non-hydrogen) atoms. The maximum absolute atomic E-state index is 8.98. The van der Waals surface area contributed by atoms with E-state index in [4.69, 9.17) is 5.26 Å². The van der Waals surface area contributed by atoms with E-state index in [1.807, 2.05) is 25.1 Å². The highest BCUT2D eigenvalue weighted by Gasteiger charge is 2.09. The molecule has 1 aromatic carbocycles. The third kappa shape index (κ3) is 4.46. The van der Waals surface area contributed by atoms with E-state index in [2.05, 4.69) is 35.3 Å². The molecule has 0 aliphatic carbocycles. The SMILES string of the molecule is CCNC(C#N)CCN(CC)c1ccccc1. The maximum Gasteiger partial charge on any atom is 0.0969 e. The van der Waals surface area contributed by atoms with Crippen LogP contribution in [-0.2, 0) is 0 Å². The molecule has 0 saturated heterocycles. The highest BCUT2D eigenvalue weighted by Crippen LogP contribution is 2.13. The second kappa shape index (κ2) is 7.70. The zero-order valence-electron chi connectivity index (χ0n) is 10.7. The van der Waals surface area contributed by atoms with E-state index in [9.17, 15) is 0 Å². The summed E-state index contributed by atoms with van der Waals surface area (Å²) in [4.78, 5) is 2.29. The van der Waals surface area contributed by atoms with Crippen LogP contribution in [0.3, 0.4) is 0 Å². The van der Waals surface area contributed by atoms with E-state index in [0.717, 1.165) is 26.1 Å². The first-order valence-electron chi connectivity index (χ1n) is 6.24. The van der Waals surface area contributed by atoms with Gasteiger partial charge in [0.15, 0.2) is 0 Å². The normalized spacial score (nSPS) is 11.8. The van der Waals surface area contributed by atoms with Crippen LogP contribution in [0.15, 0.2) is 30.3 Å². The molecule has 1 aromatic rings. The molecule has 1 rings (SSSR count). The minimum Gasteiger partial charge on any atom is -0.372 e. The van der Waals surface area contributed by atoms with Gasteiger partial charge in [-0.15, -0.1) is 0 Å². The molecule has 0 aromatic heterocycles. The van der Waals surface area contributed by atoms with Crippen molar-refractivity contribution in [3.63, 3.8) is 0 Å². The molecule has 0 aliphatic rings. The molecule has 1 atom stereocenters. The molecule has 0 saturated carbocycles. The molecule has 0 heterocycles. The van der Waals surface area contributed by atoms with Crippen molar-refractivity contribution >= 4 is 5.69 Å². The van der Waals surface area contributed by atoms with Crippen molar-refractivity contribution in [1.29, 1.82) is 5.26 Å². The topological polar surface area (TPSA) is 39.1 Å². The Kier molecular flexibility index (Phi) is 6.13. The van der Waals surface area contributed by atoms with Gasteiger partial charge in [0, 0.05) is 18.8 Å². The summed E-state index contributed by atoms with van der Waals surface area (Å²) in [6.07, 6.45) is 0.854. The van der Waals surface area contributed by atoms with Gasteiger partial charge in [0.05, 0.1) is 12.1 Å². The van der Waals surface area contributed by atoms with Gasteiger partial charge in [-0.2, -0.15) is 5.26 Å². The van der Waals surface area contributed by atoms with Crippen LogP contribution >= 0.6 is 0 Å². The Morgan fingerprint density at radius 3 is 2.53 bits per heavy atom. The molecular formula is C14H21N3. The summed E-state index contributed by atoms with van der Waals surface area (Å²) in [6.45, 7) is 6.89. The monoisotopic (exact) mass is 231 g/mol. The molecule has 0 radical (unpaired) electrons. The Hall–Kier alpha value is -1.53. The molecule has 0 fully saturated rings. The van der Waals surface area contributed by atoms with Gasteiger partial charge >= 0.3 is 0 Å². The molecule has 3 nitrogen and oxygen atoms in total. The Labute approximate surface area is 104 Å². The highest BCUT2D eigenvalue weighted by atomic mass is 15.1. The van der Waals surface area contributed by atoms with E-state index >= 15 is 0 Å². The summed E-state index contributed by atoms with van der Waals surface area (Å²) < 4.78 is 0. The van der Waals surface area contributed by atoms with Gasteiger partial charge in [0.2, 0.25) is 0 Å². The molecule has 3 heteroatoms. The van der Waals surface area contributed by atoms with Gasteiger partial charge < -0.3 is 10.2 Å². The summed E-state index contributed by atoms with van der Waals surface area (Å²) in [5, 5.41) is 12.2. The largest absolute Gasteiger partial charge is 0.372 e. The number of nitrogens with one attached hydrogen (secondary N) is 1. The summed E-state index contributed by atoms with van der Waals surface area (Å²) in [7, 11) is 0. The van der Waals surface area contributed by atoms with Crippen LogP contribution in [0.5, 0.6) is 0 Å². The number of para-hydroxylation sites is 1. The molecule has 0 bridgehead atoms. The molecular weight excluding hydrogens is 210 g/mol. The van der Waals surface area contributed by atoms with Gasteiger partial charge in [-0.05, 0) is 32.0 Å². The summed E-state index contributed by atoms with van der Waals surface area (Å²) in [5.41, 5.74) is 1.23. The second-order valence-corrected chi connectivity index (χ2v) is 3.94. The Bertz CT molecular complexity index is 342. The van der Waals surface area contributed by atoms with Crippen LogP contribution in [0.25, 0.3) is 0 Å². The lowest BCUT2D eigenvalue weighted by Gasteiger charge is -2.24. The number of anilines is 1. The summed E-state index contributed by atoms with van der Waals surface area (Å²) >= 11 is 0. The number of benzene rings is 1. The fourth-order valence-corrected chi connectivity index (χ4v) is 1.85. The molecule has 1 N–H and O–H groups in total. The van der Waals surface area contributed by atoms with Crippen LogP contribution in [-0.4, -0.2) is 25.7 Å². The standard InChI is InChI=1S/C14H21N3/c1-3-16-13(12-15)10-11-17(4-2)14-8-6-5-7-9-14/h5-9,13,16H,3-4,10-11H2,1-2H3. The quantitative estimate of drug-likeness (QED) is 0.783. The van der Waals surface area contributed by atoms with Crippen LogP contribution in [0, 0.1) is 11.3 Å². The fourth-order valence-electron chi connectivity index (χ4n) is 1.85. The van der Waals surface area contributed by atoms with E-state index in [0.29, 0.717) is 0 Å². The maximum atomic E-state index is 8.98. The molecule has 0 amide bonds. The lowest BCUT2D eigenvalue weighted by atomic mass is 10.2. The number of hydrogen-bond donors (Lipinski definition) is 1. The zero-order chi connectivity index (χ0) is 12.5. The lowest BCUT2D eigenvalue weighted by Crippen LogP contribution is -2.33. The van der Waals surface area contributed by atoms with Crippen molar-refractivity contribution < 1.29 is 0 Å². The van der Waals surface area contributed by atoms with Crippen molar-refractivity contribution in [1.82, 2.24) is 5.32 Å². The molecule has 0 spiro atoms. The van der Waals surface area contributed by atoms with Crippen LogP contribution < -0.4 is 10.2 Å². The molecule has 92 valence electrons. The van der Waals surface area contributed by atoms with Crippen molar-refractivity contribution in [2.75, 3.05) is 24.5 Å². The second-order valence-electron chi connectivity index (χ2n) is 3.94. The van der Waals surface area contributed by atoms with Gasteiger partial charge in [0.1, 0.15) is 0 Å². The van der Waals surface area contributed by atoms with E-state index in [1.165, 1.54) is 5.69 Å². The van der Waals surface area contributed by atoms with Crippen molar-refractivity contribution in [3.8, 4) is 6.07 Å². The average molecular weight is 231 g/mol. The average Bonchev–Trinajstić information content (AvgIpc) is 2.39. The van der Waals surface area contributed by atoms with Gasteiger partial charge in [-0.25, -0.2) is 0 Å². The van der Waals surface area contributed by atoms with E-state index in [1.54, 1.807) is 0 Å². The zero-order valence-corrected chi connectivity index (χ0v) is 10.7. The predicted octanol–water partition coefficient (Wildman–Crippen LogP) is 2.40. The smallest absolute Gasteiger partial charge is 0.0969 e. The number of hydrogen-bond acceptors (Lipinski definition) is 3. The third-order valence-corrected chi connectivity index (χ3v) is 2.80. The Balaban J connectivity index is 2.51. The van der Waals surface area contributed by atoms with Crippen molar-refractivity contribution in [3.05, 3.63) is 30.3 Å². The van der Waals surface area contributed by atoms with Crippen LogP contribution in [0.2, 0.25) is 0 Å². The van der Waals surface area contributed by atoms with E-state index in [-0.39, 0.29) is 6.04 Å². The fraction of sp³-hybridized carbons (Fsp3) is 0.500. The number of rotatable bonds is 7. The third-order valence-electron chi connectivity index (χ3n) is 2.80. The minimum absolute atomic E-state index is 0.0437.